The van der Waals surface area contributed by atoms with E-state index >= 15 is 0 Å². The van der Waals surface area contributed by atoms with Crippen LogP contribution in [0, 0.1) is 17.8 Å². The Morgan fingerprint density at radius 2 is 1.88 bits per heavy atom. The summed E-state index contributed by atoms with van der Waals surface area (Å²) < 4.78 is 11.6. The molecule has 0 aromatic carbocycles. The molecule has 2 heteroatoms. The second kappa shape index (κ2) is 6.19. The van der Waals surface area contributed by atoms with E-state index in [-0.39, 0.29) is 5.60 Å². The average Bonchev–Trinajstić information content (AvgIpc) is 3.00. The maximum Gasteiger partial charge on any atom is 0.0862 e. The minimum absolute atomic E-state index is 0.00252. The van der Waals surface area contributed by atoms with Gasteiger partial charge in [-0.25, -0.2) is 0 Å². The zero-order chi connectivity index (χ0) is 13.1. The quantitative estimate of drug-likeness (QED) is 0.602. The standard InChI is InChI=1S/C15H30O2/c1-7-12(4)8-15(5,6)17-9-13(11(2)3)14-10-16-14/h11-14H,7-10H2,1-6H3. The Labute approximate surface area is 107 Å². The van der Waals surface area contributed by atoms with Gasteiger partial charge in [0.1, 0.15) is 0 Å². The summed E-state index contributed by atoms with van der Waals surface area (Å²) in [6.07, 6.45) is 2.82. The highest BCUT2D eigenvalue weighted by molar-refractivity contribution is 4.82. The molecule has 17 heavy (non-hydrogen) atoms. The van der Waals surface area contributed by atoms with Crippen LogP contribution in [0.3, 0.4) is 0 Å². The fourth-order valence-corrected chi connectivity index (χ4v) is 2.40. The summed E-state index contributed by atoms with van der Waals surface area (Å²) >= 11 is 0. The van der Waals surface area contributed by atoms with Crippen molar-refractivity contribution in [1.29, 1.82) is 0 Å². The summed E-state index contributed by atoms with van der Waals surface area (Å²) in [5.74, 6) is 1.94. The summed E-state index contributed by atoms with van der Waals surface area (Å²) in [6.45, 7) is 15.3. The van der Waals surface area contributed by atoms with Gasteiger partial charge in [-0.3, -0.25) is 0 Å². The Hall–Kier alpha value is -0.0800. The third kappa shape index (κ3) is 5.39. The zero-order valence-electron chi connectivity index (χ0n) is 12.5. The van der Waals surface area contributed by atoms with Crippen LogP contribution in [0.5, 0.6) is 0 Å². The molecule has 0 bridgehead atoms. The van der Waals surface area contributed by atoms with E-state index in [4.69, 9.17) is 9.47 Å². The van der Waals surface area contributed by atoms with Crippen LogP contribution in [0.2, 0.25) is 0 Å². The van der Waals surface area contributed by atoms with Crippen molar-refractivity contribution >= 4 is 0 Å². The summed E-state index contributed by atoms with van der Waals surface area (Å²) in [5, 5.41) is 0. The minimum atomic E-state index is -0.00252. The molecule has 1 aliphatic heterocycles. The van der Waals surface area contributed by atoms with E-state index in [0.717, 1.165) is 25.6 Å². The average molecular weight is 242 g/mol. The highest BCUT2D eigenvalue weighted by atomic mass is 16.6. The molecule has 102 valence electrons. The van der Waals surface area contributed by atoms with Gasteiger partial charge < -0.3 is 9.47 Å². The van der Waals surface area contributed by atoms with E-state index in [2.05, 4.69) is 41.5 Å². The molecule has 2 nitrogen and oxygen atoms in total. The molecular formula is C15H30O2. The lowest BCUT2D eigenvalue weighted by Gasteiger charge is -2.31. The molecule has 1 fully saturated rings. The van der Waals surface area contributed by atoms with Crippen molar-refractivity contribution in [2.75, 3.05) is 13.2 Å². The molecule has 0 aliphatic carbocycles. The highest BCUT2D eigenvalue weighted by Gasteiger charge is 2.36. The van der Waals surface area contributed by atoms with Crippen molar-refractivity contribution in [3.05, 3.63) is 0 Å². The van der Waals surface area contributed by atoms with E-state index in [1.807, 2.05) is 0 Å². The maximum absolute atomic E-state index is 6.15. The lowest BCUT2D eigenvalue weighted by molar-refractivity contribution is -0.0588. The molecule has 3 unspecified atom stereocenters. The second-order valence-corrected chi connectivity index (χ2v) is 6.57. The predicted molar refractivity (Wildman–Crippen MR) is 72.2 cm³/mol. The van der Waals surface area contributed by atoms with Crippen molar-refractivity contribution in [1.82, 2.24) is 0 Å². The molecule has 1 heterocycles. The summed E-state index contributed by atoms with van der Waals surface area (Å²) in [4.78, 5) is 0. The second-order valence-electron chi connectivity index (χ2n) is 6.57. The molecule has 0 aromatic rings. The first-order valence-electron chi connectivity index (χ1n) is 7.11. The molecule has 0 radical (unpaired) electrons. The first-order chi connectivity index (χ1) is 7.85. The van der Waals surface area contributed by atoms with E-state index in [1.165, 1.54) is 6.42 Å². The first kappa shape index (κ1) is 15.0. The summed E-state index contributed by atoms with van der Waals surface area (Å²) in [7, 11) is 0. The molecule has 0 N–H and O–H groups in total. The Balaban J connectivity index is 2.36. The molecule has 1 rings (SSSR count). The fraction of sp³-hybridized carbons (Fsp3) is 1.00. The van der Waals surface area contributed by atoms with Gasteiger partial charge in [0, 0.05) is 5.92 Å². The zero-order valence-corrected chi connectivity index (χ0v) is 12.5. The number of rotatable bonds is 8. The SMILES string of the molecule is CCC(C)CC(C)(C)OCC(C(C)C)C1CO1. The van der Waals surface area contributed by atoms with Gasteiger partial charge in [0.15, 0.2) is 0 Å². The smallest absolute Gasteiger partial charge is 0.0862 e. The van der Waals surface area contributed by atoms with Gasteiger partial charge in [-0.1, -0.05) is 34.1 Å². The van der Waals surface area contributed by atoms with E-state index in [0.29, 0.717) is 17.9 Å². The Bertz CT molecular complexity index is 217. The Kier molecular flexibility index (Phi) is 5.46. The normalized spacial score (nSPS) is 23.8. The van der Waals surface area contributed by atoms with E-state index in [9.17, 15) is 0 Å². The lowest BCUT2D eigenvalue weighted by Crippen LogP contribution is -2.32. The summed E-state index contributed by atoms with van der Waals surface area (Å²) in [6, 6.07) is 0. The van der Waals surface area contributed by atoms with Gasteiger partial charge in [0.2, 0.25) is 0 Å². The minimum Gasteiger partial charge on any atom is -0.375 e. The number of hydrogen-bond acceptors (Lipinski definition) is 2. The van der Waals surface area contributed by atoms with Gasteiger partial charge in [-0.15, -0.1) is 0 Å². The predicted octanol–water partition coefficient (Wildman–Crippen LogP) is 3.89. The van der Waals surface area contributed by atoms with Crippen LogP contribution < -0.4 is 0 Å². The largest absolute Gasteiger partial charge is 0.375 e. The third-order valence-electron chi connectivity index (χ3n) is 3.90. The topological polar surface area (TPSA) is 21.8 Å². The van der Waals surface area contributed by atoms with Crippen LogP contribution >= 0.6 is 0 Å². The van der Waals surface area contributed by atoms with Gasteiger partial charge in [-0.2, -0.15) is 0 Å². The van der Waals surface area contributed by atoms with Crippen molar-refractivity contribution in [2.45, 2.75) is 66.1 Å². The lowest BCUT2D eigenvalue weighted by atomic mass is 9.91. The first-order valence-corrected chi connectivity index (χ1v) is 7.11. The highest BCUT2D eigenvalue weighted by Crippen LogP contribution is 2.30. The van der Waals surface area contributed by atoms with Gasteiger partial charge in [0.05, 0.1) is 24.9 Å². The van der Waals surface area contributed by atoms with Crippen LogP contribution in [0.4, 0.5) is 0 Å². The molecule has 0 aromatic heterocycles. The molecular weight excluding hydrogens is 212 g/mol. The molecule has 3 atom stereocenters. The molecule has 0 saturated carbocycles. The number of hydrogen-bond donors (Lipinski definition) is 0. The van der Waals surface area contributed by atoms with Crippen molar-refractivity contribution in [3.63, 3.8) is 0 Å². The monoisotopic (exact) mass is 242 g/mol. The Morgan fingerprint density at radius 3 is 2.29 bits per heavy atom. The molecule has 0 spiro atoms. The van der Waals surface area contributed by atoms with E-state index in [1.54, 1.807) is 0 Å². The fourth-order valence-electron chi connectivity index (χ4n) is 2.40. The maximum atomic E-state index is 6.15. The van der Waals surface area contributed by atoms with Crippen LogP contribution in [0.15, 0.2) is 0 Å². The molecule has 1 saturated heterocycles. The third-order valence-corrected chi connectivity index (χ3v) is 3.90. The number of ether oxygens (including phenoxy) is 2. The van der Waals surface area contributed by atoms with Gasteiger partial charge in [-0.05, 0) is 32.1 Å². The van der Waals surface area contributed by atoms with Crippen LogP contribution in [-0.2, 0) is 9.47 Å². The van der Waals surface area contributed by atoms with Crippen LogP contribution in [0.1, 0.15) is 54.4 Å². The van der Waals surface area contributed by atoms with Crippen molar-refractivity contribution < 1.29 is 9.47 Å². The van der Waals surface area contributed by atoms with Gasteiger partial charge in [0.25, 0.3) is 0 Å². The van der Waals surface area contributed by atoms with Crippen molar-refractivity contribution in [3.8, 4) is 0 Å². The molecule has 1 aliphatic rings. The van der Waals surface area contributed by atoms with Crippen LogP contribution in [0.25, 0.3) is 0 Å². The van der Waals surface area contributed by atoms with Crippen molar-refractivity contribution in [2.24, 2.45) is 17.8 Å². The summed E-state index contributed by atoms with van der Waals surface area (Å²) in [5.41, 5.74) is -0.00252. The molecule has 0 amide bonds. The number of epoxide rings is 1. The van der Waals surface area contributed by atoms with E-state index < -0.39 is 0 Å². The Morgan fingerprint density at radius 1 is 1.29 bits per heavy atom. The van der Waals surface area contributed by atoms with Gasteiger partial charge >= 0.3 is 0 Å². The van der Waals surface area contributed by atoms with Crippen LogP contribution in [-0.4, -0.2) is 24.9 Å².